The Hall–Kier alpha value is -3.35. The topological polar surface area (TPSA) is 75.8 Å². The molecule has 1 saturated carbocycles. The van der Waals surface area contributed by atoms with Crippen LogP contribution < -0.4 is 5.32 Å². The fourth-order valence-corrected chi connectivity index (χ4v) is 3.34. The van der Waals surface area contributed by atoms with Gasteiger partial charge in [-0.15, -0.1) is 0 Å². The van der Waals surface area contributed by atoms with Crippen molar-refractivity contribution in [1.82, 2.24) is 25.0 Å². The number of alkyl halides is 3. The molecule has 0 atom stereocenters. The molecule has 7 nitrogen and oxygen atoms in total. The zero-order valence-corrected chi connectivity index (χ0v) is 14.9. The second-order valence-electron chi connectivity index (χ2n) is 6.69. The monoisotopic (exact) mass is 387 g/mol. The van der Waals surface area contributed by atoms with Crippen LogP contribution in [0.15, 0.2) is 36.3 Å². The molecular formula is C18H16F3N7. The number of H-pyrrole nitrogens is 1. The zero-order chi connectivity index (χ0) is 19.9. The zero-order valence-electron chi connectivity index (χ0n) is 14.9. The Bertz CT molecular complexity index is 1090. The highest BCUT2D eigenvalue weighted by atomic mass is 19.4. The number of aromatic amines is 1. The van der Waals surface area contributed by atoms with E-state index in [9.17, 15) is 13.2 Å². The van der Waals surface area contributed by atoms with Crippen molar-refractivity contribution in [3.05, 3.63) is 47.7 Å². The number of halogens is 3. The Morgan fingerprint density at radius 1 is 1.43 bits per heavy atom. The number of anilines is 1. The van der Waals surface area contributed by atoms with Gasteiger partial charge in [-0.25, -0.2) is 11.6 Å². The third kappa shape index (κ3) is 2.98. The molecule has 0 aromatic carbocycles. The average molecular weight is 387 g/mol. The van der Waals surface area contributed by atoms with E-state index in [4.69, 9.17) is 6.57 Å². The lowest BCUT2D eigenvalue weighted by atomic mass is 9.80. The van der Waals surface area contributed by atoms with Crippen molar-refractivity contribution in [2.75, 3.05) is 11.9 Å². The van der Waals surface area contributed by atoms with Gasteiger partial charge in [0.25, 0.3) is 0 Å². The van der Waals surface area contributed by atoms with Gasteiger partial charge in [-0.05, 0) is 13.0 Å². The van der Waals surface area contributed by atoms with Gasteiger partial charge in [0.05, 0.1) is 29.9 Å². The summed E-state index contributed by atoms with van der Waals surface area (Å²) in [4.78, 5) is 7.79. The van der Waals surface area contributed by atoms with Crippen molar-refractivity contribution in [3.63, 3.8) is 0 Å². The van der Waals surface area contributed by atoms with E-state index < -0.39 is 18.4 Å². The summed E-state index contributed by atoms with van der Waals surface area (Å²) in [5.41, 5.74) is 2.04. The minimum atomic E-state index is -4.37. The number of fused-ring (bicyclic) bond motifs is 1. The number of aromatic nitrogens is 5. The summed E-state index contributed by atoms with van der Waals surface area (Å²) in [7, 11) is 0. The first-order valence-electron chi connectivity index (χ1n) is 8.57. The van der Waals surface area contributed by atoms with E-state index >= 15 is 0 Å². The van der Waals surface area contributed by atoms with Gasteiger partial charge in [0, 0.05) is 18.0 Å². The maximum Gasteiger partial charge on any atom is 0.405 e. The average Bonchev–Trinajstić information content (AvgIpc) is 3.26. The molecule has 10 heteroatoms. The molecule has 2 N–H and O–H groups in total. The van der Waals surface area contributed by atoms with Crippen molar-refractivity contribution in [2.24, 2.45) is 0 Å². The molecule has 0 aliphatic heterocycles. The third-order valence-electron chi connectivity index (χ3n) is 4.85. The molecule has 0 radical (unpaired) electrons. The maximum absolute atomic E-state index is 12.6. The number of allylic oxidation sites excluding steroid dienone is 1. The highest BCUT2D eigenvalue weighted by Crippen LogP contribution is 2.45. The van der Waals surface area contributed by atoms with Gasteiger partial charge in [-0.1, -0.05) is 11.6 Å². The highest BCUT2D eigenvalue weighted by molar-refractivity contribution is 6.00. The van der Waals surface area contributed by atoms with Gasteiger partial charge in [-0.3, -0.25) is 9.94 Å². The highest BCUT2D eigenvalue weighted by Gasteiger charge is 2.50. The molecule has 28 heavy (non-hydrogen) atoms. The van der Waals surface area contributed by atoms with Crippen LogP contribution in [0, 0.1) is 6.57 Å². The molecule has 0 saturated heterocycles. The number of nitrogens with zero attached hydrogens (tertiary/aromatic N) is 5. The first kappa shape index (κ1) is 18.0. The SMILES string of the molecule is [C-]#[N+]C1(n2cc(-c3n[nH]c4ccnc(NCC(F)(F)F)c34)cn2)CC(=CC)C1. The summed E-state index contributed by atoms with van der Waals surface area (Å²) in [6, 6.07) is 1.64. The Morgan fingerprint density at radius 3 is 2.89 bits per heavy atom. The smallest absolute Gasteiger partial charge is 0.361 e. The fourth-order valence-electron chi connectivity index (χ4n) is 3.34. The summed E-state index contributed by atoms with van der Waals surface area (Å²) in [5, 5.41) is 14.2. The largest absolute Gasteiger partial charge is 0.405 e. The van der Waals surface area contributed by atoms with Crippen LogP contribution in [-0.4, -0.2) is 37.7 Å². The van der Waals surface area contributed by atoms with E-state index in [0.717, 1.165) is 0 Å². The van der Waals surface area contributed by atoms with Gasteiger partial charge in [0.2, 0.25) is 0 Å². The van der Waals surface area contributed by atoms with E-state index in [-0.39, 0.29) is 5.82 Å². The first-order valence-corrected chi connectivity index (χ1v) is 8.57. The molecule has 0 bridgehead atoms. The lowest BCUT2D eigenvalue weighted by Gasteiger charge is -2.32. The summed E-state index contributed by atoms with van der Waals surface area (Å²) in [6.45, 7) is 8.30. The Kier molecular flexibility index (Phi) is 4.10. The minimum absolute atomic E-state index is 0.0889. The second-order valence-corrected chi connectivity index (χ2v) is 6.69. The predicted molar refractivity (Wildman–Crippen MR) is 97.2 cm³/mol. The van der Waals surface area contributed by atoms with E-state index in [2.05, 4.69) is 30.4 Å². The predicted octanol–water partition coefficient (Wildman–Crippen LogP) is 4.11. The van der Waals surface area contributed by atoms with Gasteiger partial charge in [0.15, 0.2) is 0 Å². The molecule has 3 aromatic heterocycles. The summed E-state index contributed by atoms with van der Waals surface area (Å²) >= 11 is 0. The molecule has 3 heterocycles. The third-order valence-corrected chi connectivity index (χ3v) is 4.85. The van der Waals surface area contributed by atoms with E-state index in [1.807, 2.05) is 13.0 Å². The van der Waals surface area contributed by atoms with Crippen molar-refractivity contribution in [2.45, 2.75) is 31.6 Å². The summed E-state index contributed by atoms with van der Waals surface area (Å²) in [5.74, 6) is 0.0889. The molecule has 4 rings (SSSR count). The molecule has 1 fully saturated rings. The van der Waals surface area contributed by atoms with Crippen LogP contribution in [0.25, 0.3) is 27.0 Å². The van der Waals surface area contributed by atoms with E-state index in [0.29, 0.717) is 35.0 Å². The molecule has 0 unspecified atom stereocenters. The molecule has 3 aromatic rings. The van der Waals surface area contributed by atoms with E-state index in [1.165, 1.54) is 11.8 Å². The fraction of sp³-hybridized carbons (Fsp3) is 0.333. The molecule has 1 aliphatic rings. The van der Waals surface area contributed by atoms with Gasteiger partial charge in [0.1, 0.15) is 18.1 Å². The van der Waals surface area contributed by atoms with Crippen LogP contribution in [-0.2, 0) is 5.66 Å². The Morgan fingerprint density at radius 2 is 2.21 bits per heavy atom. The van der Waals surface area contributed by atoms with Gasteiger partial charge >= 0.3 is 11.8 Å². The van der Waals surface area contributed by atoms with Gasteiger partial charge in [-0.2, -0.15) is 28.1 Å². The van der Waals surface area contributed by atoms with Crippen LogP contribution in [0.4, 0.5) is 19.0 Å². The Labute approximate surface area is 158 Å². The second kappa shape index (κ2) is 6.37. The van der Waals surface area contributed by atoms with Crippen molar-refractivity contribution in [3.8, 4) is 11.3 Å². The van der Waals surface area contributed by atoms with Crippen LogP contribution in [0.5, 0.6) is 0 Å². The number of pyridine rings is 1. The van der Waals surface area contributed by atoms with Crippen molar-refractivity contribution < 1.29 is 13.2 Å². The normalized spacial score (nSPS) is 19.3. The summed E-state index contributed by atoms with van der Waals surface area (Å²) < 4.78 is 39.4. The standard InChI is InChI=1S/C18H16F3N7/c1-3-11-6-17(7-11,22-2)28-9-12(8-25-28)15-14-13(26-27-15)4-5-23-16(14)24-10-18(19,20)21/h3-5,8-9H,6-7,10H2,1H3,(H,23,24)(H,26,27). The van der Waals surface area contributed by atoms with Crippen molar-refractivity contribution in [1.29, 1.82) is 0 Å². The number of hydrogen-bond donors (Lipinski definition) is 2. The Balaban J connectivity index is 1.71. The van der Waals surface area contributed by atoms with Crippen LogP contribution in [0.2, 0.25) is 0 Å². The maximum atomic E-state index is 12.6. The van der Waals surface area contributed by atoms with Crippen LogP contribution in [0.1, 0.15) is 19.8 Å². The molecule has 1 aliphatic carbocycles. The number of nitrogens with one attached hydrogen (secondary N) is 2. The van der Waals surface area contributed by atoms with Crippen molar-refractivity contribution >= 4 is 16.7 Å². The first-order chi connectivity index (χ1) is 13.3. The molecule has 0 spiro atoms. The van der Waals surface area contributed by atoms with Crippen LogP contribution >= 0.6 is 0 Å². The van der Waals surface area contributed by atoms with E-state index in [1.54, 1.807) is 23.1 Å². The lowest BCUT2D eigenvalue weighted by Crippen LogP contribution is -2.39. The lowest BCUT2D eigenvalue weighted by molar-refractivity contribution is -0.115. The van der Waals surface area contributed by atoms with Crippen LogP contribution in [0.3, 0.4) is 0 Å². The number of rotatable bonds is 4. The summed E-state index contributed by atoms with van der Waals surface area (Å²) in [6.07, 6.45) is 3.53. The molecular weight excluding hydrogens is 371 g/mol. The molecule has 144 valence electrons. The van der Waals surface area contributed by atoms with Gasteiger partial charge < -0.3 is 5.32 Å². The number of hydrogen-bond acceptors (Lipinski definition) is 4. The minimum Gasteiger partial charge on any atom is -0.361 e. The quantitative estimate of drug-likeness (QED) is 0.522. The molecule has 0 amide bonds.